The van der Waals surface area contributed by atoms with Crippen LogP contribution in [0.25, 0.3) is 0 Å². The molecule has 1 aromatic rings. The van der Waals surface area contributed by atoms with Crippen molar-refractivity contribution in [3.8, 4) is 5.75 Å². The van der Waals surface area contributed by atoms with E-state index in [1.165, 1.54) is 0 Å². The molecule has 0 spiro atoms. The Hall–Kier alpha value is -1.31. The minimum Gasteiger partial charge on any atom is -0.496 e. The van der Waals surface area contributed by atoms with E-state index in [0.29, 0.717) is 12.3 Å². The number of ether oxygens (including phenoxy) is 1. The average molecular weight is 206 g/mol. The van der Waals surface area contributed by atoms with Crippen LogP contribution in [0.4, 0.5) is 0 Å². The second-order valence-corrected chi connectivity index (χ2v) is 3.89. The summed E-state index contributed by atoms with van der Waals surface area (Å²) in [5.41, 5.74) is 1.87. The molecule has 0 N–H and O–H groups in total. The molecule has 0 unspecified atom stereocenters. The average Bonchev–Trinajstić information content (AvgIpc) is 2.27. The molecule has 0 aliphatic rings. The number of carbonyl (C=O) groups excluding carboxylic acids is 1. The molecular formula is C13H18O2. The minimum absolute atomic E-state index is 0.180. The number of benzene rings is 1. The van der Waals surface area contributed by atoms with Gasteiger partial charge in [0.05, 0.1) is 7.11 Å². The summed E-state index contributed by atoms with van der Waals surface area (Å²) in [6, 6.07) is 5.64. The van der Waals surface area contributed by atoms with Crippen molar-refractivity contribution in [3.63, 3.8) is 0 Å². The second-order valence-electron chi connectivity index (χ2n) is 3.89. The summed E-state index contributed by atoms with van der Waals surface area (Å²) in [4.78, 5) is 11.5. The molecular weight excluding hydrogens is 188 g/mol. The maximum absolute atomic E-state index is 11.5. The van der Waals surface area contributed by atoms with Crippen LogP contribution < -0.4 is 4.74 Å². The van der Waals surface area contributed by atoms with Crippen LogP contribution in [0.1, 0.15) is 49.0 Å². The number of Topliss-reactive ketones (excluding diaryl/α,β-unsaturated/α-hetero) is 1. The minimum atomic E-state index is 0.180. The van der Waals surface area contributed by atoms with Crippen LogP contribution in [0, 0.1) is 0 Å². The van der Waals surface area contributed by atoms with Crippen LogP contribution in [0.5, 0.6) is 5.75 Å². The Balaban J connectivity index is 3.16. The molecule has 0 aliphatic carbocycles. The molecule has 15 heavy (non-hydrogen) atoms. The molecule has 0 aromatic heterocycles. The van der Waals surface area contributed by atoms with E-state index in [4.69, 9.17) is 4.74 Å². The van der Waals surface area contributed by atoms with E-state index < -0.39 is 0 Å². The maximum Gasteiger partial charge on any atom is 0.162 e. The van der Waals surface area contributed by atoms with Gasteiger partial charge in [0.15, 0.2) is 5.78 Å². The standard InChI is InChI=1S/C13H18O2/c1-5-12(14)10-6-7-13(15-4)11(8-10)9(2)3/h6-9H,5H2,1-4H3. The van der Waals surface area contributed by atoms with Crippen LogP contribution in [0.3, 0.4) is 0 Å². The molecule has 0 atom stereocenters. The molecule has 0 fully saturated rings. The Morgan fingerprint density at radius 2 is 2.07 bits per heavy atom. The summed E-state index contributed by atoms with van der Waals surface area (Å²) in [6.45, 7) is 6.07. The van der Waals surface area contributed by atoms with Gasteiger partial charge in [-0.3, -0.25) is 4.79 Å². The van der Waals surface area contributed by atoms with Gasteiger partial charge in [0, 0.05) is 12.0 Å². The third kappa shape index (κ3) is 2.58. The van der Waals surface area contributed by atoms with Gasteiger partial charge < -0.3 is 4.74 Å². The van der Waals surface area contributed by atoms with E-state index in [1.807, 2.05) is 25.1 Å². The normalized spacial score (nSPS) is 10.5. The fourth-order valence-corrected chi connectivity index (χ4v) is 1.56. The zero-order valence-corrected chi connectivity index (χ0v) is 9.83. The molecule has 1 aromatic carbocycles. The van der Waals surface area contributed by atoms with E-state index in [2.05, 4.69) is 13.8 Å². The van der Waals surface area contributed by atoms with Crippen LogP contribution >= 0.6 is 0 Å². The molecule has 1 rings (SSSR count). The lowest BCUT2D eigenvalue weighted by atomic mass is 9.97. The SMILES string of the molecule is CCC(=O)c1ccc(OC)c(C(C)C)c1. The molecule has 2 heteroatoms. The first-order valence-electron chi connectivity index (χ1n) is 5.31. The number of methoxy groups -OCH3 is 1. The highest BCUT2D eigenvalue weighted by atomic mass is 16.5. The molecule has 82 valence electrons. The highest BCUT2D eigenvalue weighted by Gasteiger charge is 2.11. The molecule has 0 heterocycles. The Labute approximate surface area is 91.3 Å². The third-order valence-electron chi connectivity index (χ3n) is 2.49. The summed E-state index contributed by atoms with van der Waals surface area (Å²) in [7, 11) is 1.66. The largest absolute Gasteiger partial charge is 0.496 e. The van der Waals surface area contributed by atoms with Gasteiger partial charge in [-0.1, -0.05) is 20.8 Å². The number of carbonyl (C=O) groups is 1. The lowest BCUT2D eigenvalue weighted by molar-refractivity contribution is 0.0988. The van der Waals surface area contributed by atoms with Gasteiger partial charge in [-0.05, 0) is 29.7 Å². The quantitative estimate of drug-likeness (QED) is 0.706. The number of rotatable bonds is 4. The lowest BCUT2D eigenvalue weighted by Crippen LogP contribution is -2.01. The Kier molecular flexibility index (Phi) is 3.89. The summed E-state index contributed by atoms with van der Waals surface area (Å²) >= 11 is 0. The zero-order chi connectivity index (χ0) is 11.4. The first-order chi connectivity index (χ1) is 7.10. The summed E-state index contributed by atoms with van der Waals surface area (Å²) in [5.74, 6) is 1.40. The van der Waals surface area contributed by atoms with Crippen molar-refractivity contribution < 1.29 is 9.53 Å². The zero-order valence-electron chi connectivity index (χ0n) is 9.83. The predicted octanol–water partition coefficient (Wildman–Crippen LogP) is 3.41. The highest BCUT2D eigenvalue weighted by Crippen LogP contribution is 2.27. The van der Waals surface area contributed by atoms with Crippen molar-refractivity contribution in [1.82, 2.24) is 0 Å². The van der Waals surface area contributed by atoms with E-state index in [0.717, 1.165) is 16.9 Å². The Bertz CT molecular complexity index is 354. The maximum atomic E-state index is 11.5. The van der Waals surface area contributed by atoms with Crippen LogP contribution in [-0.2, 0) is 0 Å². The molecule has 0 saturated heterocycles. The molecule has 0 bridgehead atoms. The Morgan fingerprint density at radius 1 is 1.40 bits per heavy atom. The molecule has 0 radical (unpaired) electrons. The van der Waals surface area contributed by atoms with Crippen LogP contribution in [0.2, 0.25) is 0 Å². The monoisotopic (exact) mass is 206 g/mol. The highest BCUT2D eigenvalue weighted by molar-refractivity contribution is 5.96. The fraction of sp³-hybridized carbons (Fsp3) is 0.462. The van der Waals surface area contributed by atoms with Gasteiger partial charge in [-0.2, -0.15) is 0 Å². The number of ketones is 1. The van der Waals surface area contributed by atoms with Gasteiger partial charge in [0.1, 0.15) is 5.75 Å². The van der Waals surface area contributed by atoms with Crippen molar-refractivity contribution in [3.05, 3.63) is 29.3 Å². The molecule has 0 saturated carbocycles. The van der Waals surface area contributed by atoms with E-state index in [-0.39, 0.29) is 5.78 Å². The van der Waals surface area contributed by atoms with Crippen molar-refractivity contribution in [2.75, 3.05) is 7.11 Å². The van der Waals surface area contributed by atoms with Gasteiger partial charge in [0.25, 0.3) is 0 Å². The summed E-state index contributed by atoms with van der Waals surface area (Å²) in [6.07, 6.45) is 0.546. The first-order valence-corrected chi connectivity index (χ1v) is 5.31. The van der Waals surface area contributed by atoms with Crippen LogP contribution in [-0.4, -0.2) is 12.9 Å². The van der Waals surface area contributed by atoms with E-state index in [9.17, 15) is 4.79 Å². The van der Waals surface area contributed by atoms with Crippen molar-refractivity contribution in [1.29, 1.82) is 0 Å². The van der Waals surface area contributed by atoms with Gasteiger partial charge in [-0.25, -0.2) is 0 Å². The fourth-order valence-electron chi connectivity index (χ4n) is 1.56. The molecule has 0 amide bonds. The molecule has 2 nitrogen and oxygen atoms in total. The van der Waals surface area contributed by atoms with E-state index in [1.54, 1.807) is 7.11 Å². The first kappa shape index (κ1) is 11.8. The summed E-state index contributed by atoms with van der Waals surface area (Å²) < 4.78 is 5.26. The molecule has 0 aliphatic heterocycles. The van der Waals surface area contributed by atoms with Crippen LogP contribution in [0.15, 0.2) is 18.2 Å². The van der Waals surface area contributed by atoms with E-state index >= 15 is 0 Å². The van der Waals surface area contributed by atoms with Crippen molar-refractivity contribution in [2.45, 2.75) is 33.1 Å². The third-order valence-corrected chi connectivity index (χ3v) is 2.49. The summed E-state index contributed by atoms with van der Waals surface area (Å²) in [5, 5.41) is 0. The topological polar surface area (TPSA) is 26.3 Å². The number of hydrogen-bond donors (Lipinski definition) is 0. The second kappa shape index (κ2) is 4.96. The predicted molar refractivity (Wildman–Crippen MR) is 61.7 cm³/mol. The van der Waals surface area contributed by atoms with Crippen molar-refractivity contribution in [2.24, 2.45) is 0 Å². The number of hydrogen-bond acceptors (Lipinski definition) is 2. The van der Waals surface area contributed by atoms with Gasteiger partial charge in [0.2, 0.25) is 0 Å². The lowest BCUT2D eigenvalue weighted by Gasteiger charge is -2.12. The van der Waals surface area contributed by atoms with Crippen molar-refractivity contribution >= 4 is 5.78 Å². The Morgan fingerprint density at radius 3 is 2.53 bits per heavy atom. The smallest absolute Gasteiger partial charge is 0.162 e. The van der Waals surface area contributed by atoms with Gasteiger partial charge in [-0.15, -0.1) is 0 Å². The van der Waals surface area contributed by atoms with Gasteiger partial charge >= 0.3 is 0 Å².